The molecule has 1 fully saturated rings. The molecule has 2 heterocycles. The van der Waals surface area contributed by atoms with Crippen LogP contribution in [0.15, 0.2) is 47.5 Å². The van der Waals surface area contributed by atoms with Crippen LogP contribution in [-0.2, 0) is 10.0 Å². The van der Waals surface area contributed by atoms with Gasteiger partial charge in [0.2, 0.25) is 10.0 Å². The number of nitrogens with zero attached hydrogens (tertiary/aromatic N) is 4. The Morgan fingerprint density at radius 2 is 1.71 bits per heavy atom. The molecular weight excluding hydrogens is 324 g/mol. The molecule has 124 valence electrons. The van der Waals surface area contributed by atoms with Crippen LogP contribution >= 0.6 is 0 Å². The van der Waals surface area contributed by atoms with Gasteiger partial charge in [-0.2, -0.15) is 9.57 Å². The van der Waals surface area contributed by atoms with E-state index in [1.165, 1.54) is 4.31 Å². The van der Waals surface area contributed by atoms with Crippen LogP contribution in [0.25, 0.3) is 0 Å². The van der Waals surface area contributed by atoms with E-state index in [1.807, 2.05) is 31.2 Å². The van der Waals surface area contributed by atoms with Gasteiger partial charge in [0.15, 0.2) is 0 Å². The Labute approximate surface area is 142 Å². The Kier molecular flexibility index (Phi) is 4.51. The van der Waals surface area contributed by atoms with Crippen molar-refractivity contribution in [1.82, 2.24) is 9.29 Å². The lowest BCUT2D eigenvalue weighted by Crippen LogP contribution is -2.48. The number of rotatable bonds is 3. The van der Waals surface area contributed by atoms with Crippen LogP contribution in [0.3, 0.4) is 0 Å². The molecule has 1 saturated heterocycles. The smallest absolute Gasteiger partial charge is 0.243 e. The minimum Gasteiger partial charge on any atom is -0.368 e. The second kappa shape index (κ2) is 6.59. The van der Waals surface area contributed by atoms with Gasteiger partial charge in [-0.25, -0.2) is 13.4 Å². The summed E-state index contributed by atoms with van der Waals surface area (Å²) < 4.78 is 26.9. The zero-order valence-electron chi connectivity index (χ0n) is 13.4. The summed E-state index contributed by atoms with van der Waals surface area (Å²) in [7, 11) is -3.45. The minimum absolute atomic E-state index is 0.335. The van der Waals surface area contributed by atoms with Crippen molar-refractivity contribution >= 4 is 15.7 Å². The summed E-state index contributed by atoms with van der Waals surface area (Å²) in [6.07, 6.45) is 1.66. The van der Waals surface area contributed by atoms with Crippen molar-refractivity contribution in [2.45, 2.75) is 11.8 Å². The van der Waals surface area contributed by atoms with E-state index in [9.17, 15) is 8.42 Å². The van der Waals surface area contributed by atoms with Gasteiger partial charge in [-0.05, 0) is 31.2 Å². The highest BCUT2D eigenvalue weighted by atomic mass is 32.2. The summed E-state index contributed by atoms with van der Waals surface area (Å²) in [5.41, 5.74) is 2.31. The van der Waals surface area contributed by atoms with E-state index in [1.54, 1.807) is 24.4 Å². The summed E-state index contributed by atoms with van der Waals surface area (Å²) in [5.74, 6) is 0. The third-order valence-electron chi connectivity index (χ3n) is 4.12. The molecule has 0 spiro atoms. The van der Waals surface area contributed by atoms with Crippen molar-refractivity contribution in [3.05, 3.63) is 53.9 Å². The molecule has 6 nitrogen and oxygen atoms in total. The molecule has 0 amide bonds. The topological polar surface area (TPSA) is 77.3 Å². The minimum atomic E-state index is -3.45. The van der Waals surface area contributed by atoms with Crippen LogP contribution in [0.1, 0.15) is 11.3 Å². The SMILES string of the molecule is Cc1ccc(S(=O)(=O)N2CCN(c3ccc(C#N)nc3)CC2)cc1. The lowest BCUT2D eigenvalue weighted by molar-refractivity contribution is 0.385. The number of aromatic nitrogens is 1. The quantitative estimate of drug-likeness (QED) is 0.849. The Hall–Kier alpha value is -2.43. The first-order valence-electron chi connectivity index (χ1n) is 7.68. The predicted molar refractivity (Wildman–Crippen MR) is 91.1 cm³/mol. The van der Waals surface area contributed by atoms with Crippen molar-refractivity contribution in [2.24, 2.45) is 0 Å². The van der Waals surface area contributed by atoms with Gasteiger partial charge >= 0.3 is 0 Å². The molecule has 0 N–H and O–H groups in total. The molecule has 3 rings (SSSR count). The van der Waals surface area contributed by atoms with E-state index >= 15 is 0 Å². The normalized spacial score (nSPS) is 15.9. The zero-order valence-corrected chi connectivity index (χ0v) is 14.2. The van der Waals surface area contributed by atoms with Crippen LogP contribution in [-0.4, -0.2) is 43.9 Å². The first kappa shape index (κ1) is 16.4. The van der Waals surface area contributed by atoms with Crippen molar-refractivity contribution in [3.63, 3.8) is 0 Å². The molecule has 7 heteroatoms. The van der Waals surface area contributed by atoms with Crippen LogP contribution in [0.2, 0.25) is 0 Å². The molecule has 0 atom stereocenters. The van der Waals surface area contributed by atoms with E-state index in [4.69, 9.17) is 5.26 Å². The standard InChI is InChI=1S/C17H18N4O2S/c1-14-2-6-17(7-3-14)24(22,23)21-10-8-20(9-11-21)16-5-4-15(12-18)19-13-16/h2-7,13H,8-11H2,1H3. The number of benzene rings is 1. The third-order valence-corrected chi connectivity index (χ3v) is 6.04. The monoisotopic (exact) mass is 342 g/mol. The molecular formula is C17H18N4O2S. The van der Waals surface area contributed by atoms with Gasteiger partial charge in [-0.15, -0.1) is 0 Å². The summed E-state index contributed by atoms with van der Waals surface area (Å²) in [6, 6.07) is 12.4. The van der Waals surface area contributed by atoms with Gasteiger partial charge in [0.1, 0.15) is 11.8 Å². The van der Waals surface area contributed by atoms with E-state index in [-0.39, 0.29) is 0 Å². The lowest BCUT2D eigenvalue weighted by Gasteiger charge is -2.35. The number of aryl methyl sites for hydroxylation is 1. The number of hydrogen-bond donors (Lipinski definition) is 0. The maximum Gasteiger partial charge on any atom is 0.243 e. The fourth-order valence-corrected chi connectivity index (χ4v) is 4.11. The lowest BCUT2D eigenvalue weighted by atomic mass is 10.2. The molecule has 0 aliphatic carbocycles. The van der Waals surface area contributed by atoms with Crippen molar-refractivity contribution in [1.29, 1.82) is 5.26 Å². The van der Waals surface area contributed by atoms with Gasteiger partial charge in [-0.1, -0.05) is 17.7 Å². The van der Waals surface area contributed by atoms with Crippen LogP contribution in [0.4, 0.5) is 5.69 Å². The number of nitriles is 1. The maximum atomic E-state index is 12.7. The van der Waals surface area contributed by atoms with Crippen LogP contribution in [0.5, 0.6) is 0 Å². The summed E-state index contributed by atoms with van der Waals surface area (Å²) in [5, 5.41) is 8.79. The first-order valence-corrected chi connectivity index (χ1v) is 9.12. The molecule has 1 aromatic heterocycles. The number of pyridine rings is 1. The number of piperazine rings is 1. The third kappa shape index (κ3) is 3.25. The van der Waals surface area contributed by atoms with Crippen molar-refractivity contribution in [3.8, 4) is 6.07 Å². The van der Waals surface area contributed by atoms with Gasteiger partial charge < -0.3 is 4.90 Å². The molecule has 0 unspecified atom stereocenters. The molecule has 1 aliphatic rings. The largest absolute Gasteiger partial charge is 0.368 e. The highest BCUT2D eigenvalue weighted by Crippen LogP contribution is 2.21. The molecule has 2 aromatic rings. The van der Waals surface area contributed by atoms with Gasteiger partial charge in [0, 0.05) is 26.2 Å². The van der Waals surface area contributed by atoms with E-state index in [2.05, 4.69) is 9.88 Å². The fourth-order valence-electron chi connectivity index (χ4n) is 2.69. The average molecular weight is 342 g/mol. The molecule has 0 saturated carbocycles. The molecule has 1 aliphatic heterocycles. The van der Waals surface area contributed by atoms with Gasteiger partial charge in [-0.3, -0.25) is 0 Å². The van der Waals surface area contributed by atoms with E-state index < -0.39 is 10.0 Å². The second-order valence-electron chi connectivity index (χ2n) is 5.72. The van der Waals surface area contributed by atoms with Crippen LogP contribution < -0.4 is 4.90 Å². The average Bonchev–Trinajstić information content (AvgIpc) is 2.62. The van der Waals surface area contributed by atoms with Crippen molar-refractivity contribution < 1.29 is 8.42 Å². The van der Waals surface area contributed by atoms with E-state index in [0.29, 0.717) is 36.8 Å². The van der Waals surface area contributed by atoms with Crippen LogP contribution in [0, 0.1) is 18.3 Å². The zero-order chi connectivity index (χ0) is 17.2. The summed E-state index contributed by atoms with van der Waals surface area (Å²) >= 11 is 0. The fraction of sp³-hybridized carbons (Fsp3) is 0.294. The van der Waals surface area contributed by atoms with Crippen molar-refractivity contribution in [2.75, 3.05) is 31.1 Å². The number of hydrogen-bond acceptors (Lipinski definition) is 5. The van der Waals surface area contributed by atoms with E-state index in [0.717, 1.165) is 11.3 Å². The highest BCUT2D eigenvalue weighted by molar-refractivity contribution is 7.89. The summed E-state index contributed by atoms with van der Waals surface area (Å²) in [4.78, 5) is 6.47. The Morgan fingerprint density at radius 1 is 1.04 bits per heavy atom. The molecule has 1 aromatic carbocycles. The number of sulfonamides is 1. The molecule has 0 radical (unpaired) electrons. The van der Waals surface area contributed by atoms with Gasteiger partial charge in [0.05, 0.1) is 16.8 Å². The maximum absolute atomic E-state index is 12.7. The van der Waals surface area contributed by atoms with Gasteiger partial charge in [0.25, 0.3) is 0 Å². The summed E-state index contributed by atoms with van der Waals surface area (Å²) in [6.45, 7) is 3.98. The molecule has 24 heavy (non-hydrogen) atoms. The number of anilines is 1. The second-order valence-corrected chi connectivity index (χ2v) is 7.66. The predicted octanol–water partition coefficient (Wildman–Crippen LogP) is 1.77. The molecule has 0 bridgehead atoms. The Bertz CT molecular complexity index is 847. The highest BCUT2D eigenvalue weighted by Gasteiger charge is 2.28. The Balaban J connectivity index is 1.70. The Morgan fingerprint density at radius 3 is 2.25 bits per heavy atom. The first-order chi connectivity index (χ1) is 11.5.